The number of phenolic OH excluding ortho intramolecular Hbond substituents is 2. The Morgan fingerprint density at radius 1 is 0.971 bits per heavy atom. The van der Waals surface area contributed by atoms with Crippen molar-refractivity contribution in [3.8, 4) is 23.0 Å². The van der Waals surface area contributed by atoms with Gasteiger partial charge in [-0.15, -0.1) is 24.2 Å². The van der Waals surface area contributed by atoms with Gasteiger partial charge in [0.1, 0.15) is 35.7 Å². The molecule has 0 radical (unpaired) electrons. The molecule has 5 nitrogen and oxygen atoms in total. The highest BCUT2D eigenvalue weighted by atomic mass is 35.5. The van der Waals surface area contributed by atoms with Crippen LogP contribution < -0.4 is 9.47 Å². The molecule has 5 rings (SSSR count). The highest BCUT2D eigenvalue weighted by Crippen LogP contribution is 2.54. The number of aromatic hydroxyl groups is 2. The second-order valence-corrected chi connectivity index (χ2v) is 11.1. The van der Waals surface area contributed by atoms with Gasteiger partial charge < -0.3 is 19.7 Å². The van der Waals surface area contributed by atoms with E-state index in [0.717, 1.165) is 47.2 Å². The Morgan fingerprint density at radius 3 is 2.34 bits per heavy atom. The lowest BCUT2D eigenvalue weighted by molar-refractivity contribution is 0.190. The van der Waals surface area contributed by atoms with Crippen LogP contribution in [0.2, 0.25) is 0 Å². The molecule has 2 N–H and O–H groups in total. The monoisotopic (exact) mass is 513 g/mol. The van der Waals surface area contributed by atoms with Gasteiger partial charge in [0.15, 0.2) is 0 Å². The number of ether oxygens (including phenoxy) is 2. The third-order valence-electron chi connectivity index (χ3n) is 6.57. The predicted octanol–water partition coefficient (Wildman–Crippen LogP) is 6.60. The van der Waals surface area contributed by atoms with Gasteiger partial charge in [-0.1, -0.05) is 38.1 Å². The van der Waals surface area contributed by atoms with Crippen molar-refractivity contribution in [3.63, 3.8) is 0 Å². The molecule has 0 amide bonds. The Morgan fingerprint density at radius 2 is 1.66 bits per heavy atom. The molecular formula is C28H32ClNO4S. The maximum atomic E-state index is 9.94. The molecule has 0 bridgehead atoms. The highest BCUT2D eigenvalue weighted by Gasteiger charge is 2.34. The minimum absolute atomic E-state index is 0. The van der Waals surface area contributed by atoms with E-state index in [1.807, 2.05) is 30.3 Å². The number of halogens is 1. The first-order valence-electron chi connectivity index (χ1n) is 11.8. The number of thioether (sulfide) groups is 1. The number of likely N-dealkylation sites (tertiary alicyclic amines) is 1. The molecule has 186 valence electrons. The molecule has 0 spiro atoms. The zero-order valence-electron chi connectivity index (χ0n) is 20.0. The Bertz CT molecular complexity index is 1140. The Kier molecular flexibility index (Phi) is 7.74. The lowest BCUT2D eigenvalue weighted by atomic mass is 9.93. The van der Waals surface area contributed by atoms with Crippen LogP contribution in [0.1, 0.15) is 42.7 Å². The van der Waals surface area contributed by atoms with Crippen molar-refractivity contribution < 1.29 is 19.7 Å². The molecule has 3 aromatic rings. The molecular weight excluding hydrogens is 482 g/mol. The Balaban J connectivity index is 0.00000289. The molecule has 7 heteroatoms. The summed E-state index contributed by atoms with van der Waals surface area (Å²) in [5, 5.41) is 19.7. The molecule has 0 unspecified atom stereocenters. The van der Waals surface area contributed by atoms with Crippen LogP contribution in [0, 0.1) is 5.41 Å². The minimum Gasteiger partial charge on any atom is -0.508 e. The van der Waals surface area contributed by atoms with Gasteiger partial charge in [0.05, 0.1) is 10.1 Å². The van der Waals surface area contributed by atoms with E-state index in [-0.39, 0.29) is 35.3 Å². The topological polar surface area (TPSA) is 62.2 Å². The van der Waals surface area contributed by atoms with Gasteiger partial charge >= 0.3 is 0 Å². The number of benzene rings is 3. The minimum atomic E-state index is -0.215. The number of rotatable bonds is 6. The van der Waals surface area contributed by atoms with Crippen LogP contribution >= 0.6 is 24.2 Å². The zero-order valence-corrected chi connectivity index (χ0v) is 21.6. The average Bonchev–Trinajstić information content (AvgIpc) is 3.17. The number of phenols is 2. The molecule has 0 aliphatic carbocycles. The van der Waals surface area contributed by atoms with Gasteiger partial charge in [-0.25, -0.2) is 0 Å². The molecule has 2 aliphatic heterocycles. The van der Waals surface area contributed by atoms with Crippen molar-refractivity contribution in [2.45, 2.75) is 36.5 Å². The van der Waals surface area contributed by atoms with Gasteiger partial charge in [-0.3, -0.25) is 4.90 Å². The van der Waals surface area contributed by atoms with Gasteiger partial charge in [-0.05, 0) is 72.0 Å². The van der Waals surface area contributed by atoms with Crippen molar-refractivity contribution in [3.05, 3.63) is 77.9 Å². The second-order valence-electron chi connectivity index (χ2n) is 9.91. The summed E-state index contributed by atoms with van der Waals surface area (Å²) in [6.45, 7) is 8.54. The highest BCUT2D eigenvalue weighted by molar-refractivity contribution is 7.99. The first-order valence-corrected chi connectivity index (χ1v) is 12.6. The Hall–Kier alpha value is -2.54. The number of nitrogens with zero attached hydrogens (tertiary/aromatic N) is 1. The van der Waals surface area contributed by atoms with E-state index in [1.165, 1.54) is 6.42 Å². The fraction of sp³-hybridized carbons (Fsp3) is 0.357. The summed E-state index contributed by atoms with van der Waals surface area (Å²) < 4.78 is 12.5. The maximum absolute atomic E-state index is 9.94. The number of hydrogen-bond donors (Lipinski definition) is 2. The van der Waals surface area contributed by atoms with E-state index in [4.69, 9.17) is 9.47 Å². The van der Waals surface area contributed by atoms with Crippen LogP contribution in [-0.4, -0.2) is 41.4 Å². The van der Waals surface area contributed by atoms with Crippen LogP contribution in [0.5, 0.6) is 23.0 Å². The third kappa shape index (κ3) is 6.00. The predicted molar refractivity (Wildman–Crippen MR) is 142 cm³/mol. The summed E-state index contributed by atoms with van der Waals surface area (Å²) >= 11 is 1.66. The average molecular weight is 514 g/mol. The lowest BCUT2D eigenvalue weighted by Gasteiger charge is -2.34. The first kappa shape index (κ1) is 25.5. The second kappa shape index (κ2) is 10.6. The van der Waals surface area contributed by atoms with Crippen molar-refractivity contribution >= 4 is 24.2 Å². The summed E-state index contributed by atoms with van der Waals surface area (Å²) in [5.74, 6) is 2.07. The molecule has 2 heterocycles. The van der Waals surface area contributed by atoms with E-state index in [0.29, 0.717) is 12.0 Å². The molecule has 2 aliphatic rings. The van der Waals surface area contributed by atoms with E-state index >= 15 is 0 Å². The lowest BCUT2D eigenvalue weighted by Crippen LogP contribution is -2.27. The maximum Gasteiger partial charge on any atom is 0.140 e. The molecule has 1 saturated heterocycles. The smallest absolute Gasteiger partial charge is 0.140 e. The van der Waals surface area contributed by atoms with Gasteiger partial charge in [-0.2, -0.15) is 0 Å². The number of fused-ring (bicyclic) bond motifs is 1. The van der Waals surface area contributed by atoms with Crippen molar-refractivity contribution in [2.75, 3.05) is 26.2 Å². The quantitative estimate of drug-likeness (QED) is 0.387. The summed E-state index contributed by atoms with van der Waals surface area (Å²) in [6.07, 6.45) is 1.03. The van der Waals surface area contributed by atoms with Crippen LogP contribution in [0.4, 0.5) is 0 Å². The van der Waals surface area contributed by atoms with E-state index < -0.39 is 0 Å². The summed E-state index contributed by atoms with van der Waals surface area (Å²) in [7, 11) is 0. The van der Waals surface area contributed by atoms with Gasteiger partial charge in [0.25, 0.3) is 0 Å². The molecule has 3 aromatic carbocycles. The molecule has 0 saturated carbocycles. The normalized spacial score (nSPS) is 21.0. The van der Waals surface area contributed by atoms with Crippen LogP contribution in [0.25, 0.3) is 0 Å². The molecule has 0 aromatic heterocycles. The standard InChI is InChI=1S/C28H31NO4S.ClH/c1-28(2)13-14-29(18-28)15-16-32-23-10-5-19(6-11-23)26-27(20-3-7-21(30)8-4-20)34-25-17-22(31)9-12-24(25)33-26;/h3-12,17,26-27,30-31H,13-16,18H2,1-2H3;1H/t26-,27+;/m0./s1. The van der Waals surface area contributed by atoms with Crippen molar-refractivity contribution in [1.82, 2.24) is 4.90 Å². The van der Waals surface area contributed by atoms with Gasteiger partial charge in [0, 0.05) is 13.1 Å². The largest absolute Gasteiger partial charge is 0.508 e. The first-order chi connectivity index (χ1) is 16.4. The molecule has 1 fully saturated rings. The fourth-order valence-corrected chi connectivity index (χ4v) is 6.02. The van der Waals surface area contributed by atoms with Crippen LogP contribution in [-0.2, 0) is 0 Å². The van der Waals surface area contributed by atoms with E-state index in [2.05, 4.69) is 30.9 Å². The number of hydrogen-bond acceptors (Lipinski definition) is 6. The summed E-state index contributed by atoms with van der Waals surface area (Å²) in [6, 6.07) is 20.6. The van der Waals surface area contributed by atoms with E-state index in [9.17, 15) is 10.2 Å². The summed E-state index contributed by atoms with van der Waals surface area (Å²) in [4.78, 5) is 3.37. The third-order valence-corrected chi connectivity index (χ3v) is 7.92. The fourth-order valence-electron chi connectivity index (χ4n) is 4.69. The van der Waals surface area contributed by atoms with Crippen molar-refractivity contribution in [1.29, 1.82) is 0 Å². The molecule has 35 heavy (non-hydrogen) atoms. The van der Waals surface area contributed by atoms with Gasteiger partial charge in [0.2, 0.25) is 0 Å². The van der Waals surface area contributed by atoms with Crippen LogP contribution in [0.3, 0.4) is 0 Å². The SMILES string of the molecule is CC1(C)CCN(CCOc2ccc([C@@H]3Oc4ccc(O)cc4S[C@@H]3c3ccc(O)cc3)cc2)C1.Cl. The summed E-state index contributed by atoms with van der Waals surface area (Å²) in [5.41, 5.74) is 2.51. The molecule has 2 atom stereocenters. The van der Waals surface area contributed by atoms with Crippen molar-refractivity contribution in [2.24, 2.45) is 5.41 Å². The van der Waals surface area contributed by atoms with E-state index in [1.54, 1.807) is 36.0 Å². The van der Waals surface area contributed by atoms with Crippen LogP contribution in [0.15, 0.2) is 71.6 Å². The Labute approximate surface area is 217 Å². The zero-order chi connectivity index (χ0) is 23.7.